The summed E-state index contributed by atoms with van der Waals surface area (Å²) in [5, 5.41) is -0.810. The molecular formula is C15H25ClO4S. The van der Waals surface area contributed by atoms with Crippen LogP contribution in [0.5, 0.6) is 5.75 Å². The first kappa shape index (κ1) is 18.4. The predicted octanol–water partition coefficient (Wildman–Crippen LogP) is 4.10. The van der Waals surface area contributed by atoms with Crippen molar-refractivity contribution in [2.45, 2.75) is 50.8 Å². The Morgan fingerprint density at radius 1 is 1.19 bits per heavy atom. The highest BCUT2D eigenvalue weighted by molar-refractivity contribution is 8.10. The van der Waals surface area contributed by atoms with Gasteiger partial charge in [0.2, 0.25) is 0 Å². The lowest BCUT2D eigenvalue weighted by Crippen LogP contribution is -2.47. The molecule has 1 aromatic rings. The van der Waals surface area contributed by atoms with Crippen molar-refractivity contribution in [3.63, 3.8) is 0 Å². The minimum atomic E-state index is -4.76. The maximum atomic E-state index is 12.0. The molecule has 0 aliphatic carbocycles. The van der Waals surface area contributed by atoms with E-state index in [-0.39, 0.29) is 5.41 Å². The Morgan fingerprint density at radius 3 is 2.05 bits per heavy atom. The van der Waals surface area contributed by atoms with Gasteiger partial charge in [0.25, 0.3) is 0 Å². The molecule has 1 rings (SSSR count). The largest absolute Gasteiger partial charge is 0.474 e. The fraction of sp³-hybridized carbons (Fsp3) is 0.600. The SMILES string of the molecule is CC(C)S(=O)(O)(O)CC(Cl)Oc1ccc(C(C)(C)C)cc1. The van der Waals surface area contributed by atoms with Crippen LogP contribution in [-0.2, 0) is 15.0 Å². The van der Waals surface area contributed by atoms with Gasteiger partial charge in [0.1, 0.15) is 5.75 Å². The summed E-state index contributed by atoms with van der Waals surface area (Å²) in [5.74, 6) is -0.0351. The van der Waals surface area contributed by atoms with Crippen molar-refractivity contribution >= 4 is 21.2 Å². The summed E-state index contributed by atoms with van der Waals surface area (Å²) in [6, 6.07) is 7.37. The molecule has 0 fully saturated rings. The zero-order valence-corrected chi connectivity index (χ0v) is 14.7. The Labute approximate surface area is 131 Å². The lowest BCUT2D eigenvalue weighted by atomic mass is 9.87. The third-order valence-electron chi connectivity index (χ3n) is 3.38. The number of ether oxygens (including phenoxy) is 1. The molecule has 1 aromatic carbocycles. The topological polar surface area (TPSA) is 66.8 Å². The van der Waals surface area contributed by atoms with Crippen molar-refractivity contribution in [2.24, 2.45) is 0 Å². The monoisotopic (exact) mass is 336 g/mol. The molecule has 0 aliphatic heterocycles. The van der Waals surface area contributed by atoms with Crippen LogP contribution >= 0.6 is 11.6 Å². The van der Waals surface area contributed by atoms with E-state index in [1.54, 1.807) is 12.1 Å². The molecule has 0 aliphatic rings. The highest BCUT2D eigenvalue weighted by atomic mass is 35.5. The van der Waals surface area contributed by atoms with Crippen LogP contribution in [0.2, 0.25) is 0 Å². The molecule has 1 atom stereocenters. The molecule has 122 valence electrons. The van der Waals surface area contributed by atoms with Crippen molar-refractivity contribution in [3.05, 3.63) is 29.8 Å². The molecule has 0 bridgehead atoms. The van der Waals surface area contributed by atoms with Gasteiger partial charge in [-0.25, -0.2) is 4.21 Å². The summed E-state index contributed by atoms with van der Waals surface area (Å²) in [6.07, 6.45) is 0. The first-order valence-corrected chi connectivity index (χ1v) is 9.40. The van der Waals surface area contributed by atoms with Crippen LogP contribution in [0, 0.1) is 0 Å². The van der Waals surface area contributed by atoms with Crippen LogP contribution in [0.4, 0.5) is 0 Å². The third kappa shape index (κ3) is 5.25. The molecular weight excluding hydrogens is 312 g/mol. The first-order chi connectivity index (χ1) is 9.29. The molecule has 0 amide bonds. The lowest BCUT2D eigenvalue weighted by Gasteiger charge is -2.35. The van der Waals surface area contributed by atoms with Crippen LogP contribution in [-0.4, -0.2) is 29.9 Å². The van der Waals surface area contributed by atoms with E-state index in [0.717, 1.165) is 5.56 Å². The average Bonchev–Trinajstić information content (AvgIpc) is 2.26. The summed E-state index contributed by atoms with van der Waals surface area (Å²) >= 11 is 5.95. The molecule has 4 nitrogen and oxygen atoms in total. The number of hydrogen-bond acceptors (Lipinski definition) is 2. The molecule has 0 spiro atoms. The van der Waals surface area contributed by atoms with E-state index in [1.807, 2.05) is 12.1 Å². The first-order valence-electron chi connectivity index (χ1n) is 6.85. The highest BCUT2D eigenvalue weighted by Gasteiger charge is 2.37. The second-order valence-electron chi connectivity index (χ2n) is 6.60. The standard InChI is InChI=1S/C15H25ClO4S/c1-11(2)21(17,18,19)10-14(16)20-13-8-6-12(7-9-13)15(3,4)5/h6-9,11,14H,10H2,1-5H3,(H2,17,18,19). The Bertz CT molecular complexity index is 540. The van der Waals surface area contributed by atoms with Gasteiger partial charge in [-0.05, 0) is 37.0 Å². The van der Waals surface area contributed by atoms with Gasteiger partial charge in [-0.2, -0.15) is 0 Å². The van der Waals surface area contributed by atoms with Gasteiger partial charge in [-0.1, -0.05) is 44.5 Å². The Kier molecular flexibility index (Phi) is 5.16. The number of halogens is 1. The lowest BCUT2D eigenvalue weighted by molar-refractivity contribution is 0.285. The molecule has 2 N–H and O–H groups in total. The van der Waals surface area contributed by atoms with E-state index in [4.69, 9.17) is 16.3 Å². The summed E-state index contributed by atoms with van der Waals surface area (Å²) in [7, 11) is -4.76. The fourth-order valence-corrected chi connectivity index (χ4v) is 3.41. The van der Waals surface area contributed by atoms with Crippen LogP contribution in [0.3, 0.4) is 0 Å². The maximum Gasteiger partial charge on any atom is 0.186 e. The van der Waals surface area contributed by atoms with E-state index in [2.05, 4.69) is 20.8 Å². The molecule has 0 aromatic heterocycles. The van der Waals surface area contributed by atoms with Crippen LogP contribution in [0.1, 0.15) is 40.2 Å². The molecule has 0 heterocycles. The molecule has 0 saturated carbocycles. The van der Waals surface area contributed by atoms with Gasteiger partial charge in [0, 0.05) is 0 Å². The van der Waals surface area contributed by atoms with Crippen molar-refractivity contribution in [1.29, 1.82) is 0 Å². The third-order valence-corrected chi connectivity index (χ3v) is 6.63. The molecule has 0 saturated heterocycles. The van der Waals surface area contributed by atoms with Crippen LogP contribution < -0.4 is 4.74 Å². The van der Waals surface area contributed by atoms with E-state index in [1.165, 1.54) is 13.8 Å². The Morgan fingerprint density at radius 2 is 1.67 bits per heavy atom. The maximum absolute atomic E-state index is 12.0. The minimum absolute atomic E-state index is 0.0341. The Hall–Kier alpha value is -0.620. The van der Waals surface area contributed by atoms with E-state index in [9.17, 15) is 13.3 Å². The smallest absolute Gasteiger partial charge is 0.186 e. The number of rotatable bonds is 5. The highest BCUT2D eigenvalue weighted by Crippen LogP contribution is 2.28. The van der Waals surface area contributed by atoms with E-state index < -0.39 is 26.2 Å². The zero-order chi connectivity index (χ0) is 16.5. The zero-order valence-electron chi connectivity index (χ0n) is 13.2. The number of benzene rings is 1. The van der Waals surface area contributed by atoms with Crippen molar-refractivity contribution in [2.75, 3.05) is 5.75 Å². The minimum Gasteiger partial charge on any atom is -0.474 e. The molecule has 21 heavy (non-hydrogen) atoms. The van der Waals surface area contributed by atoms with Gasteiger partial charge >= 0.3 is 0 Å². The summed E-state index contributed by atoms with van der Waals surface area (Å²) < 4.78 is 37.0. The molecule has 0 radical (unpaired) electrons. The number of alkyl halides is 1. The quantitative estimate of drug-likeness (QED) is 0.794. The van der Waals surface area contributed by atoms with Crippen LogP contribution in [0.15, 0.2) is 24.3 Å². The van der Waals surface area contributed by atoms with Gasteiger partial charge in [0.15, 0.2) is 5.56 Å². The normalized spacial score (nSPS) is 16.3. The van der Waals surface area contributed by atoms with Crippen molar-refractivity contribution in [1.82, 2.24) is 0 Å². The van der Waals surface area contributed by atoms with Crippen molar-refractivity contribution < 1.29 is 18.1 Å². The van der Waals surface area contributed by atoms with Gasteiger partial charge in [-0.15, -0.1) is 0 Å². The van der Waals surface area contributed by atoms with Crippen LogP contribution in [0.25, 0.3) is 0 Å². The van der Waals surface area contributed by atoms with Gasteiger partial charge in [-0.3, -0.25) is 0 Å². The summed E-state index contributed by atoms with van der Waals surface area (Å²) in [5.41, 5.74) is 0.101. The summed E-state index contributed by atoms with van der Waals surface area (Å²) in [6.45, 7) is 9.25. The van der Waals surface area contributed by atoms with E-state index >= 15 is 0 Å². The second-order valence-corrected chi connectivity index (χ2v) is 10.5. The average molecular weight is 337 g/mol. The second kappa shape index (κ2) is 5.88. The molecule has 1 unspecified atom stereocenters. The van der Waals surface area contributed by atoms with Crippen molar-refractivity contribution in [3.8, 4) is 5.75 Å². The van der Waals surface area contributed by atoms with E-state index in [0.29, 0.717) is 5.75 Å². The fourth-order valence-electron chi connectivity index (χ4n) is 1.65. The summed E-state index contributed by atoms with van der Waals surface area (Å²) in [4.78, 5) is 0. The molecule has 6 heteroatoms. The predicted molar refractivity (Wildman–Crippen MR) is 88.8 cm³/mol. The van der Waals surface area contributed by atoms with Gasteiger partial charge < -0.3 is 13.8 Å². The van der Waals surface area contributed by atoms with Gasteiger partial charge in [0.05, 0.1) is 20.6 Å². The Balaban J connectivity index is 2.77. The number of hydrogen-bond donors (Lipinski definition) is 2.